The third kappa shape index (κ3) is 2.99. The van der Waals surface area contributed by atoms with Gasteiger partial charge in [-0.15, -0.1) is 0 Å². The van der Waals surface area contributed by atoms with Gasteiger partial charge in [-0.1, -0.05) is 34.1 Å². The van der Waals surface area contributed by atoms with Gasteiger partial charge in [0.15, 0.2) is 0 Å². The van der Waals surface area contributed by atoms with Gasteiger partial charge in [-0.25, -0.2) is 0 Å². The molecule has 2 nitrogen and oxygen atoms in total. The normalized spacial score (nSPS) is 11.1. The van der Waals surface area contributed by atoms with Gasteiger partial charge in [0, 0.05) is 14.2 Å². The summed E-state index contributed by atoms with van der Waals surface area (Å²) in [6.07, 6.45) is 1.88. The van der Waals surface area contributed by atoms with Gasteiger partial charge in [-0.2, -0.15) is 0 Å². The number of fused-ring (bicyclic) bond motifs is 1. The monoisotopic (exact) mass is 467 g/mol. The van der Waals surface area contributed by atoms with Crippen LogP contribution in [-0.2, 0) is 6.54 Å². The second kappa shape index (κ2) is 6.16. The highest BCUT2D eigenvalue weighted by Gasteiger charge is 2.08. The minimum absolute atomic E-state index is 0.0626. The van der Waals surface area contributed by atoms with E-state index in [1.165, 1.54) is 11.1 Å². The number of halogens is 2. The summed E-state index contributed by atoms with van der Waals surface area (Å²) in [5, 5.41) is 1.76. The lowest BCUT2D eigenvalue weighted by atomic mass is 10.1. The SMILES string of the molecule is Cc1ccc(Cn2ccc3cc(Br)cc(I)c3c2=O)cc1C. The van der Waals surface area contributed by atoms with E-state index in [0.29, 0.717) is 6.54 Å². The van der Waals surface area contributed by atoms with Crippen LogP contribution < -0.4 is 5.56 Å². The van der Waals surface area contributed by atoms with Gasteiger partial charge in [0.2, 0.25) is 0 Å². The van der Waals surface area contributed by atoms with Crippen molar-refractivity contribution in [2.45, 2.75) is 20.4 Å². The fourth-order valence-corrected chi connectivity index (χ4v) is 4.34. The molecule has 0 unspecified atom stereocenters. The highest BCUT2D eigenvalue weighted by Crippen LogP contribution is 2.23. The average Bonchev–Trinajstić information content (AvgIpc) is 2.45. The smallest absolute Gasteiger partial charge is 0.259 e. The molecule has 0 saturated heterocycles. The molecule has 0 amide bonds. The molecule has 0 fully saturated rings. The standard InChI is InChI=1S/C18H15BrINO/c1-11-3-4-13(7-12(11)2)10-21-6-5-14-8-15(19)9-16(20)17(14)18(21)22/h3-9H,10H2,1-2H3. The second-order valence-electron chi connectivity index (χ2n) is 5.52. The summed E-state index contributed by atoms with van der Waals surface area (Å²) in [4.78, 5) is 12.8. The second-order valence-corrected chi connectivity index (χ2v) is 7.60. The third-order valence-electron chi connectivity index (χ3n) is 3.92. The Kier molecular flexibility index (Phi) is 4.41. The number of rotatable bonds is 2. The predicted molar refractivity (Wildman–Crippen MR) is 104 cm³/mol. The summed E-state index contributed by atoms with van der Waals surface area (Å²) >= 11 is 5.70. The summed E-state index contributed by atoms with van der Waals surface area (Å²) < 4.78 is 3.75. The van der Waals surface area contributed by atoms with Gasteiger partial charge >= 0.3 is 0 Å². The molecule has 3 aromatic rings. The third-order valence-corrected chi connectivity index (χ3v) is 5.23. The molecule has 0 aliphatic heterocycles. The van der Waals surface area contributed by atoms with Crippen molar-refractivity contribution in [1.82, 2.24) is 4.57 Å². The van der Waals surface area contributed by atoms with E-state index in [4.69, 9.17) is 0 Å². The van der Waals surface area contributed by atoms with Crippen molar-refractivity contribution < 1.29 is 0 Å². The van der Waals surface area contributed by atoms with Gasteiger partial charge in [0.1, 0.15) is 0 Å². The first-order valence-corrected chi connectivity index (χ1v) is 8.87. The Balaban J connectivity index is 2.10. The van der Waals surface area contributed by atoms with Crippen molar-refractivity contribution in [3.05, 3.63) is 77.7 Å². The fourth-order valence-electron chi connectivity index (χ4n) is 2.56. The maximum Gasteiger partial charge on any atom is 0.259 e. The molecule has 0 saturated carbocycles. The van der Waals surface area contributed by atoms with Gasteiger partial charge in [0.25, 0.3) is 5.56 Å². The zero-order valence-electron chi connectivity index (χ0n) is 12.4. The first-order chi connectivity index (χ1) is 10.5. The number of benzene rings is 2. The van der Waals surface area contributed by atoms with Crippen LogP contribution in [0.25, 0.3) is 10.8 Å². The Morgan fingerprint density at radius 2 is 1.86 bits per heavy atom. The van der Waals surface area contributed by atoms with Gasteiger partial charge in [0.05, 0.1) is 11.9 Å². The minimum Gasteiger partial charge on any atom is -0.311 e. The number of pyridine rings is 1. The van der Waals surface area contributed by atoms with Crippen molar-refractivity contribution in [3.8, 4) is 0 Å². The molecular weight excluding hydrogens is 453 g/mol. The van der Waals surface area contributed by atoms with Crippen LogP contribution in [0.4, 0.5) is 0 Å². The summed E-state index contributed by atoms with van der Waals surface area (Å²) in [6.45, 7) is 4.80. The highest BCUT2D eigenvalue weighted by atomic mass is 127. The number of aromatic nitrogens is 1. The number of aryl methyl sites for hydroxylation is 2. The number of hydrogen-bond acceptors (Lipinski definition) is 1. The maximum absolute atomic E-state index is 12.8. The lowest BCUT2D eigenvalue weighted by molar-refractivity contribution is 0.767. The largest absolute Gasteiger partial charge is 0.311 e. The zero-order valence-corrected chi connectivity index (χ0v) is 16.1. The summed E-state index contributed by atoms with van der Waals surface area (Å²) in [5.41, 5.74) is 3.74. The first-order valence-electron chi connectivity index (χ1n) is 7.00. The molecular formula is C18H15BrINO. The van der Waals surface area contributed by atoms with Crippen LogP contribution in [0.3, 0.4) is 0 Å². The molecule has 3 rings (SSSR count). The average molecular weight is 468 g/mol. The molecule has 2 aromatic carbocycles. The molecule has 0 N–H and O–H groups in total. The van der Waals surface area contributed by atoms with Crippen LogP contribution in [-0.4, -0.2) is 4.57 Å². The van der Waals surface area contributed by atoms with E-state index in [-0.39, 0.29) is 5.56 Å². The summed E-state index contributed by atoms with van der Waals surface area (Å²) in [7, 11) is 0. The molecule has 112 valence electrons. The molecule has 1 heterocycles. The number of nitrogens with zero attached hydrogens (tertiary/aromatic N) is 1. The van der Waals surface area contributed by atoms with Gasteiger partial charge in [-0.3, -0.25) is 4.79 Å². The Morgan fingerprint density at radius 3 is 2.59 bits per heavy atom. The van der Waals surface area contributed by atoms with E-state index in [0.717, 1.165) is 24.4 Å². The van der Waals surface area contributed by atoms with Crippen LogP contribution in [0.2, 0.25) is 0 Å². The predicted octanol–water partition coefficient (Wildman–Crippen LogP) is 5.03. The topological polar surface area (TPSA) is 22.0 Å². The molecule has 22 heavy (non-hydrogen) atoms. The van der Waals surface area contributed by atoms with E-state index >= 15 is 0 Å². The Hall–Kier alpha value is -1.14. The Labute approximate surface area is 151 Å². The molecule has 4 heteroatoms. The van der Waals surface area contributed by atoms with E-state index in [1.807, 2.05) is 24.4 Å². The van der Waals surface area contributed by atoms with Crippen molar-refractivity contribution in [3.63, 3.8) is 0 Å². The lowest BCUT2D eigenvalue weighted by Crippen LogP contribution is -2.20. The van der Waals surface area contributed by atoms with Crippen LogP contribution in [0.5, 0.6) is 0 Å². The summed E-state index contributed by atoms with van der Waals surface area (Å²) in [6, 6.07) is 12.3. The lowest BCUT2D eigenvalue weighted by Gasteiger charge is -2.10. The molecule has 1 aromatic heterocycles. The quantitative estimate of drug-likeness (QED) is 0.484. The number of hydrogen-bond donors (Lipinski definition) is 0. The van der Waals surface area contributed by atoms with Crippen LogP contribution in [0.15, 0.2) is 51.9 Å². The Bertz CT molecular complexity index is 930. The highest BCUT2D eigenvalue weighted by molar-refractivity contribution is 14.1. The maximum atomic E-state index is 12.8. The summed E-state index contributed by atoms with van der Waals surface area (Å²) in [5.74, 6) is 0. The first kappa shape index (κ1) is 15.7. The molecule has 0 atom stereocenters. The van der Waals surface area contributed by atoms with E-state index in [9.17, 15) is 4.79 Å². The van der Waals surface area contributed by atoms with Crippen molar-refractivity contribution in [2.24, 2.45) is 0 Å². The van der Waals surface area contributed by atoms with E-state index in [1.54, 1.807) is 4.57 Å². The zero-order chi connectivity index (χ0) is 15.9. The molecule has 0 aliphatic rings. The van der Waals surface area contributed by atoms with Gasteiger partial charge < -0.3 is 4.57 Å². The van der Waals surface area contributed by atoms with E-state index in [2.05, 4.69) is 70.6 Å². The molecule has 0 spiro atoms. The van der Waals surface area contributed by atoms with Crippen LogP contribution in [0, 0.1) is 17.4 Å². The molecule has 0 bridgehead atoms. The van der Waals surface area contributed by atoms with Crippen molar-refractivity contribution in [2.75, 3.05) is 0 Å². The molecule has 0 aliphatic carbocycles. The minimum atomic E-state index is 0.0626. The van der Waals surface area contributed by atoms with Crippen molar-refractivity contribution in [1.29, 1.82) is 0 Å². The molecule has 0 radical (unpaired) electrons. The van der Waals surface area contributed by atoms with Crippen molar-refractivity contribution >= 4 is 49.3 Å². The fraction of sp³-hybridized carbons (Fsp3) is 0.167. The van der Waals surface area contributed by atoms with Gasteiger partial charge in [-0.05, 0) is 76.7 Å². The van der Waals surface area contributed by atoms with Crippen LogP contribution in [0.1, 0.15) is 16.7 Å². The van der Waals surface area contributed by atoms with Crippen LogP contribution >= 0.6 is 38.5 Å². The Morgan fingerprint density at radius 1 is 1.09 bits per heavy atom. The van der Waals surface area contributed by atoms with E-state index < -0.39 is 0 Å².